The number of hydrogen-bond acceptors (Lipinski definition) is 3. The summed E-state index contributed by atoms with van der Waals surface area (Å²) in [5, 5.41) is 0. The number of hydrogen-bond donors (Lipinski definition) is 0. The standard InChI is InChI=1S/C16H23O3/c1-17-15-10-6-7-13(16(15)18-2)11-12-19-14-8-4-3-5-9-14/h6-8,10,14H,3-5,9,11-12H2,1-2H3/t14-/m0/s1. The molecule has 1 fully saturated rings. The first-order valence-electron chi connectivity index (χ1n) is 7.00. The lowest BCUT2D eigenvalue weighted by molar-refractivity contribution is 0.0594. The van der Waals surface area contributed by atoms with Crippen molar-refractivity contribution >= 4 is 0 Å². The molecular formula is C16H23O3. The molecule has 0 saturated heterocycles. The summed E-state index contributed by atoms with van der Waals surface area (Å²) in [5.74, 6) is 1.60. The summed E-state index contributed by atoms with van der Waals surface area (Å²) >= 11 is 0. The van der Waals surface area contributed by atoms with E-state index in [0.29, 0.717) is 6.10 Å². The minimum Gasteiger partial charge on any atom is -0.493 e. The molecule has 0 heterocycles. The van der Waals surface area contributed by atoms with E-state index in [0.717, 1.165) is 36.5 Å². The van der Waals surface area contributed by atoms with Gasteiger partial charge in [0.05, 0.1) is 26.9 Å². The molecule has 1 aromatic carbocycles. The van der Waals surface area contributed by atoms with Crippen LogP contribution in [0.4, 0.5) is 0 Å². The van der Waals surface area contributed by atoms with Crippen LogP contribution >= 0.6 is 0 Å². The van der Waals surface area contributed by atoms with Crippen molar-refractivity contribution in [2.75, 3.05) is 20.8 Å². The minimum atomic E-state index is 0.338. The zero-order valence-electron chi connectivity index (χ0n) is 11.9. The molecule has 0 N–H and O–H groups in total. The fraction of sp³-hybridized carbons (Fsp3) is 0.562. The molecule has 1 atom stereocenters. The molecule has 1 saturated carbocycles. The number of para-hydroxylation sites is 1. The lowest BCUT2D eigenvalue weighted by Gasteiger charge is -2.22. The Balaban J connectivity index is 1.88. The van der Waals surface area contributed by atoms with Gasteiger partial charge in [0.15, 0.2) is 11.5 Å². The molecule has 0 spiro atoms. The van der Waals surface area contributed by atoms with E-state index < -0.39 is 0 Å². The molecule has 105 valence electrons. The van der Waals surface area contributed by atoms with Gasteiger partial charge in [-0.3, -0.25) is 0 Å². The molecule has 2 rings (SSSR count). The average Bonchev–Trinajstić information content (AvgIpc) is 2.48. The molecule has 1 aliphatic rings. The highest BCUT2D eigenvalue weighted by molar-refractivity contribution is 5.46. The van der Waals surface area contributed by atoms with Crippen molar-refractivity contribution in [3.05, 3.63) is 30.2 Å². The number of rotatable bonds is 6. The van der Waals surface area contributed by atoms with Gasteiger partial charge in [0, 0.05) is 5.56 Å². The van der Waals surface area contributed by atoms with Crippen molar-refractivity contribution < 1.29 is 14.2 Å². The van der Waals surface area contributed by atoms with Crippen molar-refractivity contribution in [2.24, 2.45) is 0 Å². The van der Waals surface area contributed by atoms with Crippen molar-refractivity contribution in [1.82, 2.24) is 0 Å². The van der Waals surface area contributed by atoms with Gasteiger partial charge in [-0.15, -0.1) is 0 Å². The third-order valence-corrected chi connectivity index (χ3v) is 3.56. The Hall–Kier alpha value is -1.22. The smallest absolute Gasteiger partial charge is 0.163 e. The summed E-state index contributed by atoms with van der Waals surface area (Å²) in [7, 11) is 3.34. The molecule has 0 aromatic heterocycles. The lowest BCUT2D eigenvalue weighted by atomic mass is 9.98. The van der Waals surface area contributed by atoms with Crippen LogP contribution in [0, 0.1) is 6.42 Å². The molecule has 0 aliphatic heterocycles. The molecule has 19 heavy (non-hydrogen) atoms. The van der Waals surface area contributed by atoms with E-state index in [-0.39, 0.29) is 0 Å². The fourth-order valence-corrected chi connectivity index (χ4v) is 2.53. The van der Waals surface area contributed by atoms with Crippen molar-refractivity contribution in [3.63, 3.8) is 0 Å². The maximum atomic E-state index is 5.91. The lowest BCUT2D eigenvalue weighted by Crippen LogP contribution is -2.18. The van der Waals surface area contributed by atoms with Gasteiger partial charge < -0.3 is 14.2 Å². The molecular weight excluding hydrogens is 240 g/mol. The van der Waals surface area contributed by atoms with E-state index in [1.807, 2.05) is 12.1 Å². The highest BCUT2D eigenvalue weighted by atomic mass is 16.5. The number of benzene rings is 1. The third kappa shape index (κ3) is 3.87. The van der Waals surface area contributed by atoms with Crippen LogP contribution in [0.15, 0.2) is 18.2 Å². The first kappa shape index (κ1) is 14.2. The zero-order chi connectivity index (χ0) is 13.5. The monoisotopic (exact) mass is 263 g/mol. The second-order valence-electron chi connectivity index (χ2n) is 4.83. The Bertz CT molecular complexity index is 384. The van der Waals surface area contributed by atoms with Gasteiger partial charge in [-0.2, -0.15) is 0 Å². The zero-order valence-corrected chi connectivity index (χ0v) is 11.9. The van der Waals surface area contributed by atoms with Crippen LogP contribution in [0.3, 0.4) is 0 Å². The van der Waals surface area contributed by atoms with Gasteiger partial charge in [-0.05, 0) is 31.7 Å². The fourth-order valence-electron chi connectivity index (χ4n) is 2.53. The molecule has 1 aromatic rings. The van der Waals surface area contributed by atoms with Crippen molar-refractivity contribution in [3.8, 4) is 11.5 Å². The molecule has 1 aliphatic carbocycles. The summed E-state index contributed by atoms with van der Waals surface area (Å²) in [5.41, 5.74) is 1.14. The molecule has 0 amide bonds. The average molecular weight is 263 g/mol. The quantitative estimate of drug-likeness (QED) is 0.787. The Labute approximate surface area is 115 Å². The number of methoxy groups -OCH3 is 2. The van der Waals surface area contributed by atoms with Crippen LogP contribution in [0.1, 0.15) is 31.2 Å². The van der Waals surface area contributed by atoms with E-state index >= 15 is 0 Å². The second kappa shape index (κ2) is 7.39. The summed E-state index contributed by atoms with van der Waals surface area (Å²) < 4.78 is 16.6. The SMILES string of the molecule is COc1cccc(CCO[C@H]2[CH]CCCC2)c1OC. The van der Waals surface area contributed by atoms with Crippen LogP contribution in [0.25, 0.3) is 0 Å². The first-order chi connectivity index (χ1) is 9.35. The Morgan fingerprint density at radius 3 is 2.74 bits per heavy atom. The Morgan fingerprint density at radius 2 is 2.05 bits per heavy atom. The molecule has 0 unspecified atom stereocenters. The second-order valence-corrected chi connectivity index (χ2v) is 4.83. The van der Waals surface area contributed by atoms with Crippen LogP contribution in [0.5, 0.6) is 11.5 Å². The topological polar surface area (TPSA) is 27.7 Å². The highest BCUT2D eigenvalue weighted by Gasteiger charge is 2.15. The maximum Gasteiger partial charge on any atom is 0.163 e. The van der Waals surface area contributed by atoms with Gasteiger partial charge in [0.2, 0.25) is 0 Å². The van der Waals surface area contributed by atoms with Crippen LogP contribution in [-0.2, 0) is 11.2 Å². The Kier molecular flexibility index (Phi) is 5.52. The van der Waals surface area contributed by atoms with E-state index in [9.17, 15) is 0 Å². The van der Waals surface area contributed by atoms with Gasteiger partial charge in [0.25, 0.3) is 0 Å². The van der Waals surface area contributed by atoms with Crippen LogP contribution in [0.2, 0.25) is 0 Å². The number of ether oxygens (including phenoxy) is 3. The first-order valence-corrected chi connectivity index (χ1v) is 7.00. The predicted molar refractivity (Wildman–Crippen MR) is 75.8 cm³/mol. The van der Waals surface area contributed by atoms with Gasteiger partial charge in [-0.1, -0.05) is 25.0 Å². The molecule has 0 bridgehead atoms. The summed E-state index contributed by atoms with van der Waals surface area (Å²) in [4.78, 5) is 0. The summed E-state index contributed by atoms with van der Waals surface area (Å²) in [6.07, 6.45) is 8.43. The predicted octanol–water partition coefficient (Wildman–Crippen LogP) is 3.41. The third-order valence-electron chi connectivity index (χ3n) is 3.56. The minimum absolute atomic E-state index is 0.338. The molecule has 1 radical (unpaired) electrons. The summed E-state index contributed by atoms with van der Waals surface area (Å²) in [6.45, 7) is 0.727. The van der Waals surface area contributed by atoms with Gasteiger partial charge in [-0.25, -0.2) is 0 Å². The van der Waals surface area contributed by atoms with Gasteiger partial charge >= 0.3 is 0 Å². The normalized spacial score (nSPS) is 16.3. The van der Waals surface area contributed by atoms with Crippen molar-refractivity contribution in [1.29, 1.82) is 0 Å². The van der Waals surface area contributed by atoms with E-state index in [2.05, 4.69) is 12.5 Å². The van der Waals surface area contributed by atoms with E-state index in [1.165, 1.54) is 19.3 Å². The van der Waals surface area contributed by atoms with Gasteiger partial charge in [0.1, 0.15) is 0 Å². The largest absolute Gasteiger partial charge is 0.493 e. The van der Waals surface area contributed by atoms with E-state index in [1.54, 1.807) is 14.2 Å². The molecule has 3 heteroatoms. The van der Waals surface area contributed by atoms with Crippen molar-refractivity contribution in [2.45, 2.75) is 38.2 Å². The van der Waals surface area contributed by atoms with E-state index in [4.69, 9.17) is 14.2 Å². The highest BCUT2D eigenvalue weighted by Crippen LogP contribution is 2.31. The molecule has 3 nitrogen and oxygen atoms in total. The van der Waals surface area contributed by atoms with Crippen LogP contribution < -0.4 is 9.47 Å². The maximum absolute atomic E-state index is 5.91. The Morgan fingerprint density at radius 1 is 1.16 bits per heavy atom. The van der Waals surface area contributed by atoms with Crippen LogP contribution in [-0.4, -0.2) is 26.9 Å². The summed E-state index contributed by atoms with van der Waals surface area (Å²) in [6, 6.07) is 5.97.